The van der Waals surface area contributed by atoms with Crippen molar-refractivity contribution in [3.63, 3.8) is 0 Å². The normalized spacial score (nSPS) is 22.8. The zero-order chi connectivity index (χ0) is 9.26. The molecule has 0 aromatic carbocycles. The lowest BCUT2D eigenvalue weighted by Crippen LogP contribution is -2.08. The fraction of sp³-hybridized carbons (Fsp3) is 0.778. The first-order valence-corrected chi connectivity index (χ1v) is 4.81. The van der Waals surface area contributed by atoms with Gasteiger partial charge in [0.2, 0.25) is 11.8 Å². The lowest BCUT2D eigenvalue weighted by atomic mass is 10.1. The molecule has 0 bridgehead atoms. The lowest BCUT2D eigenvalue weighted by Gasteiger charge is -2.00. The minimum Gasteiger partial charge on any atom is -0.425 e. The van der Waals surface area contributed by atoms with Crippen LogP contribution in [0.3, 0.4) is 0 Å². The maximum Gasteiger partial charge on any atom is 0.220 e. The van der Waals surface area contributed by atoms with Crippen LogP contribution in [0.5, 0.6) is 0 Å². The zero-order valence-corrected chi connectivity index (χ0v) is 8.08. The number of hydrogen-bond donors (Lipinski definition) is 1. The molecule has 1 aliphatic heterocycles. The monoisotopic (exact) mass is 181 g/mol. The van der Waals surface area contributed by atoms with Crippen LogP contribution in [0.1, 0.15) is 43.9 Å². The molecule has 1 aliphatic rings. The van der Waals surface area contributed by atoms with Gasteiger partial charge in [-0.2, -0.15) is 0 Å². The minimum absolute atomic E-state index is 0.329. The first-order chi connectivity index (χ1) is 6.27. The SMILES string of the molecule is CC(C)c1nnc([C@@H]2CCNC2)o1. The van der Waals surface area contributed by atoms with Gasteiger partial charge in [-0.1, -0.05) is 13.8 Å². The molecule has 2 rings (SSSR count). The topological polar surface area (TPSA) is 51.0 Å². The molecule has 0 spiro atoms. The molecule has 1 fully saturated rings. The molecule has 13 heavy (non-hydrogen) atoms. The van der Waals surface area contributed by atoms with Crippen molar-refractivity contribution in [1.82, 2.24) is 15.5 Å². The molecule has 4 nitrogen and oxygen atoms in total. The van der Waals surface area contributed by atoms with Crippen molar-refractivity contribution in [1.29, 1.82) is 0 Å². The van der Waals surface area contributed by atoms with E-state index in [0.717, 1.165) is 31.3 Å². The molecular formula is C9H15N3O. The van der Waals surface area contributed by atoms with Crippen LogP contribution in [0.25, 0.3) is 0 Å². The summed E-state index contributed by atoms with van der Waals surface area (Å²) in [5.41, 5.74) is 0. The zero-order valence-electron chi connectivity index (χ0n) is 8.08. The fourth-order valence-corrected chi connectivity index (χ4v) is 1.51. The average Bonchev–Trinajstić information content (AvgIpc) is 2.75. The molecule has 72 valence electrons. The summed E-state index contributed by atoms with van der Waals surface area (Å²) in [5.74, 6) is 2.31. The highest BCUT2D eigenvalue weighted by Gasteiger charge is 2.22. The molecule has 1 N–H and O–H groups in total. The van der Waals surface area contributed by atoms with Crippen LogP contribution in [-0.4, -0.2) is 23.3 Å². The van der Waals surface area contributed by atoms with Gasteiger partial charge in [0.15, 0.2) is 0 Å². The van der Waals surface area contributed by atoms with Crippen molar-refractivity contribution in [2.75, 3.05) is 13.1 Å². The molecule has 2 heterocycles. The molecule has 4 heteroatoms. The van der Waals surface area contributed by atoms with Gasteiger partial charge in [-0.3, -0.25) is 0 Å². The van der Waals surface area contributed by atoms with E-state index in [1.165, 1.54) is 0 Å². The highest BCUT2D eigenvalue weighted by Crippen LogP contribution is 2.22. The van der Waals surface area contributed by atoms with Crippen molar-refractivity contribution in [3.05, 3.63) is 11.8 Å². The first kappa shape index (κ1) is 8.69. The van der Waals surface area contributed by atoms with Crippen LogP contribution in [-0.2, 0) is 0 Å². The third kappa shape index (κ3) is 1.72. The van der Waals surface area contributed by atoms with Crippen molar-refractivity contribution in [2.24, 2.45) is 0 Å². The van der Waals surface area contributed by atoms with Crippen LogP contribution < -0.4 is 5.32 Å². The van der Waals surface area contributed by atoms with Gasteiger partial charge in [-0.05, 0) is 13.0 Å². The Bertz CT molecular complexity index is 276. The number of nitrogens with one attached hydrogen (secondary N) is 1. The molecule has 0 aliphatic carbocycles. The minimum atomic E-state index is 0.329. The smallest absolute Gasteiger partial charge is 0.220 e. The predicted molar refractivity (Wildman–Crippen MR) is 48.6 cm³/mol. The summed E-state index contributed by atoms with van der Waals surface area (Å²) in [5, 5.41) is 11.4. The molecule has 1 saturated heterocycles. The Hall–Kier alpha value is -0.900. The van der Waals surface area contributed by atoms with Gasteiger partial charge in [-0.25, -0.2) is 0 Å². The molecule has 1 aromatic heterocycles. The van der Waals surface area contributed by atoms with Crippen LogP contribution in [0.2, 0.25) is 0 Å². The second-order valence-electron chi connectivity index (χ2n) is 3.82. The van der Waals surface area contributed by atoms with E-state index in [1.807, 2.05) is 0 Å². The van der Waals surface area contributed by atoms with E-state index in [2.05, 4.69) is 29.4 Å². The Morgan fingerprint density at radius 2 is 2.31 bits per heavy atom. The Kier molecular flexibility index (Phi) is 2.31. The van der Waals surface area contributed by atoms with Crippen molar-refractivity contribution < 1.29 is 4.42 Å². The highest BCUT2D eigenvalue weighted by molar-refractivity contribution is 4.97. The summed E-state index contributed by atoms with van der Waals surface area (Å²) in [4.78, 5) is 0. The van der Waals surface area contributed by atoms with E-state index < -0.39 is 0 Å². The number of aromatic nitrogens is 2. The first-order valence-electron chi connectivity index (χ1n) is 4.81. The second kappa shape index (κ2) is 3.46. The summed E-state index contributed by atoms with van der Waals surface area (Å²) >= 11 is 0. The lowest BCUT2D eigenvalue weighted by molar-refractivity contribution is 0.409. The van der Waals surface area contributed by atoms with E-state index in [9.17, 15) is 0 Å². The van der Waals surface area contributed by atoms with Gasteiger partial charge in [-0.15, -0.1) is 10.2 Å². The quantitative estimate of drug-likeness (QED) is 0.746. The van der Waals surface area contributed by atoms with E-state index in [-0.39, 0.29) is 0 Å². The van der Waals surface area contributed by atoms with Gasteiger partial charge >= 0.3 is 0 Å². The third-order valence-electron chi connectivity index (χ3n) is 2.36. The van der Waals surface area contributed by atoms with E-state index >= 15 is 0 Å². The average molecular weight is 181 g/mol. The van der Waals surface area contributed by atoms with Gasteiger partial charge in [0.05, 0.1) is 5.92 Å². The van der Waals surface area contributed by atoms with Gasteiger partial charge in [0.25, 0.3) is 0 Å². The van der Waals surface area contributed by atoms with Crippen molar-refractivity contribution >= 4 is 0 Å². The van der Waals surface area contributed by atoms with Crippen molar-refractivity contribution in [2.45, 2.75) is 32.1 Å². The summed E-state index contributed by atoms with van der Waals surface area (Å²) in [6, 6.07) is 0. The summed E-state index contributed by atoms with van der Waals surface area (Å²) < 4.78 is 5.57. The third-order valence-corrected chi connectivity index (χ3v) is 2.36. The Labute approximate surface area is 77.7 Å². The second-order valence-corrected chi connectivity index (χ2v) is 3.82. The molecule has 0 unspecified atom stereocenters. The maximum atomic E-state index is 5.57. The van der Waals surface area contributed by atoms with E-state index in [1.54, 1.807) is 0 Å². The fourth-order valence-electron chi connectivity index (χ4n) is 1.51. The number of hydrogen-bond acceptors (Lipinski definition) is 4. The van der Waals surface area contributed by atoms with Crippen LogP contribution in [0.4, 0.5) is 0 Å². The van der Waals surface area contributed by atoms with Gasteiger partial charge in [0, 0.05) is 12.5 Å². The van der Waals surface area contributed by atoms with Crippen LogP contribution in [0.15, 0.2) is 4.42 Å². The van der Waals surface area contributed by atoms with E-state index in [4.69, 9.17) is 4.42 Å². The molecule has 1 atom stereocenters. The summed E-state index contributed by atoms with van der Waals surface area (Å²) in [7, 11) is 0. The Balaban J connectivity index is 2.12. The molecular weight excluding hydrogens is 166 g/mol. The largest absolute Gasteiger partial charge is 0.425 e. The summed E-state index contributed by atoms with van der Waals surface area (Å²) in [6.07, 6.45) is 1.11. The maximum absolute atomic E-state index is 5.57. The molecule has 0 radical (unpaired) electrons. The summed E-state index contributed by atoms with van der Waals surface area (Å²) in [6.45, 7) is 6.15. The predicted octanol–water partition coefficient (Wildman–Crippen LogP) is 1.27. The molecule has 0 amide bonds. The Morgan fingerprint density at radius 1 is 1.46 bits per heavy atom. The molecule has 1 aromatic rings. The number of rotatable bonds is 2. The van der Waals surface area contributed by atoms with E-state index in [0.29, 0.717) is 11.8 Å². The van der Waals surface area contributed by atoms with Gasteiger partial charge < -0.3 is 9.73 Å². The van der Waals surface area contributed by atoms with Crippen LogP contribution in [0, 0.1) is 0 Å². The molecule has 0 saturated carbocycles. The van der Waals surface area contributed by atoms with Crippen LogP contribution >= 0.6 is 0 Å². The Morgan fingerprint density at radius 3 is 2.85 bits per heavy atom. The van der Waals surface area contributed by atoms with Gasteiger partial charge in [0.1, 0.15) is 0 Å². The number of nitrogens with zero attached hydrogens (tertiary/aromatic N) is 2. The standard InChI is InChI=1S/C9H15N3O/c1-6(2)8-11-12-9(13-8)7-3-4-10-5-7/h6-7,10H,3-5H2,1-2H3/t7-/m1/s1. The van der Waals surface area contributed by atoms with Crippen molar-refractivity contribution in [3.8, 4) is 0 Å². The highest BCUT2D eigenvalue weighted by atomic mass is 16.4.